The third-order valence-electron chi connectivity index (χ3n) is 6.02. The number of rotatable bonds is 4. The zero-order chi connectivity index (χ0) is 24.1. The summed E-state index contributed by atoms with van der Waals surface area (Å²) >= 11 is 0. The number of fused-ring (bicyclic) bond motifs is 1. The van der Waals surface area contributed by atoms with Crippen LogP contribution in [0.2, 0.25) is 0 Å². The Morgan fingerprint density at radius 3 is 2.64 bits per heavy atom. The van der Waals surface area contributed by atoms with Crippen LogP contribution in [0.4, 0.5) is 19.0 Å². The molecule has 1 saturated heterocycles. The molecule has 1 fully saturated rings. The van der Waals surface area contributed by atoms with Gasteiger partial charge in [0.05, 0.1) is 16.8 Å². The summed E-state index contributed by atoms with van der Waals surface area (Å²) in [5.74, 6) is -0.361. The van der Waals surface area contributed by atoms with Crippen LogP contribution in [0.15, 0.2) is 35.5 Å². The van der Waals surface area contributed by atoms with E-state index in [0.717, 1.165) is 19.0 Å². The average Bonchev–Trinajstić information content (AvgIpc) is 3.18. The molecule has 1 aliphatic rings. The van der Waals surface area contributed by atoms with E-state index in [2.05, 4.69) is 9.97 Å². The first-order valence-corrected chi connectivity index (χ1v) is 11.8. The minimum absolute atomic E-state index is 0.0653. The second-order valence-electron chi connectivity index (χ2n) is 8.45. The number of likely N-dealkylation sites (N-methyl/N-ethyl adjacent to an activating group) is 1. The van der Waals surface area contributed by atoms with Crippen molar-refractivity contribution in [1.29, 1.82) is 0 Å². The summed E-state index contributed by atoms with van der Waals surface area (Å²) < 4.78 is 69.3. The van der Waals surface area contributed by atoms with E-state index in [1.807, 2.05) is 19.0 Å². The summed E-state index contributed by atoms with van der Waals surface area (Å²) in [7, 11) is 0.0521. The van der Waals surface area contributed by atoms with Crippen molar-refractivity contribution in [2.24, 2.45) is 0 Å². The number of aromatic nitrogens is 3. The molecule has 2 aromatic heterocycles. The molecular formula is C21H25F3N6O2S. The predicted octanol–water partition coefficient (Wildman–Crippen LogP) is 3.02. The third kappa shape index (κ3) is 4.30. The smallest absolute Gasteiger partial charge is 0.381 e. The van der Waals surface area contributed by atoms with Gasteiger partial charge in [-0.1, -0.05) is 6.07 Å². The highest BCUT2D eigenvalue weighted by Crippen LogP contribution is 2.33. The number of halogens is 3. The van der Waals surface area contributed by atoms with Crippen molar-refractivity contribution in [2.75, 3.05) is 32.9 Å². The fraction of sp³-hybridized carbons (Fsp3) is 0.429. The zero-order valence-electron chi connectivity index (χ0n) is 18.5. The fourth-order valence-electron chi connectivity index (χ4n) is 4.10. The second kappa shape index (κ2) is 8.26. The first-order chi connectivity index (χ1) is 15.4. The number of anilines is 1. The van der Waals surface area contributed by atoms with Gasteiger partial charge < -0.3 is 10.6 Å². The molecule has 12 heteroatoms. The van der Waals surface area contributed by atoms with Gasteiger partial charge in [-0.2, -0.15) is 17.5 Å². The lowest BCUT2D eigenvalue weighted by Gasteiger charge is -2.35. The minimum atomic E-state index is -4.69. The molecule has 178 valence electrons. The normalized spacial score (nSPS) is 18.3. The number of hydrogen-bond donors (Lipinski definition) is 1. The Morgan fingerprint density at radius 1 is 1.24 bits per heavy atom. The maximum absolute atomic E-state index is 13.4. The maximum Gasteiger partial charge on any atom is 0.434 e. The van der Waals surface area contributed by atoms with Gasteiger partial charge in [0, 0.05) is 30.9 Å². The van der Waals surface area contributed by atoms with E-state index in [-0.39, 0.29) is 22.4 Å². The van der Waals surface area contributed by atoms with E-state index in [9.17, 15) is 21.6 Å². The molecule has 0 aliphatic carbocycles. The molecule has 2 N–H and O–H groups in total. The highest BCUT2D eigenvalue weighted by atomic mass is 32.2. The molecule has 1 atom stereocenters. The lowest BCUT2D eigenvalue weighted by molar-refractivity contribution is -0.141. The third-order valence-corrected chi connectivity index (χ3v) is 7.88. The van der Waals surface area contributed by atoms with Crippen LogP contribution < -0.4 is 5.73 Å². The molecule has 1 aliphatic heterocycles. The summed E-state index contributed by atoms with van der Waals surface area (Å²) in [6.07, 6.45) is -0.838. The van der Waals surface area contributed by atoms with Gasteiger partial charge in [0.25, 0.3) is 0 Å². The number of imidazole rings is 1. The predicted molar refractivity (Wildman–Crippen MR) is 118 cm³/mol. The first kappa shape index (κ1) is 23.5. The van der Waals surface area contributed by atoms with E-state index in [4.69, 9.17) is 5.73 Å². The molecule has 0 bridgehead atoms. The van der Waals surface area contributed by atoms with Gasteiger partial charge in [-0.25, -0.2) is 18.4 Å². The molecule has 0 spiro atoms. The second-order valence-corrected chi connectivity index (χ2v) is 10.4. The van der Waals surface area contributed by atoms with Crippen molar-refractivity contribution in [3.63, 3.8) is 0 Å². The van der Waals surface area contributed by atoms with Gasteiger partial charge in [-0.05, 0) is 51.6 Å². The minimum Gasteiger partial charge on any atom is -0.381 e. The molecule has 1 aromatic carbocycles. The monoisotopic (exact) mass is 482 g/mol. The van der Waals surface area contributed by atoms with Gasteiger partial charge in [0.1, 0.15) is 0 Å². The highest BCUT2D eigenvalue weighted by molar-refractivity contribution is 7.89. The fourth-order valence-corrected chi connectivity index (χ4v) is 5.64. The van der Waals surface area contributed by atoms with Crippen LogP contribution in [0, 0.1) is 6.92 Å². The quantitative estimate of drug-likeness (QED) is 0.614. The number of piperidine rings is 1. The zero-order valence-corrected chi connectivity index (χ0v) is 19.3. The lowest BCUT2D eigenvalue weighted by atomic mass is 10.1. The molecule has 0 radical (unpaired) electrons. The van der Waals surface area contributed by atoms with E-state index >= 15 is 0 Å². The van der Waals surface area contributed by atoms with Crippen LogP contribution in [-0.4, -0.2) is 65.2 Å². The summed E-state index contributed by atoms with van der Waals surface area (Å²) in [6.45, 7) is 2.55. The Hall–Kier alpha value is -2.70. The van der Waals surface area contributed by atoms with E-state index in [0.29, 0.717) is 29.9 Å². The van der Waals surface area contributed by atoms with Crippen molar-refractivity contribution in [3.05, 3.63) is 41.9 Å². The topological polar surface area (TPSA) is 96.8 Å². The number of nitrogens with zero attached hydrogens (tertiary/aromatic N) is 5. The van der Waals surface area contributed by atoms with Crippen molar-refractivity contribution < 1.29 is 21.6 Å². The van der Waals surface area contributed by atoms with Crippen LogP contribution in [0.1, 0.15) is 24.1 Å². The molecule has 3 heterocycles. The van der Waals surface area contributed by atoms with Gasteiger partial charge >= 0.3 is 6.18 Å². The lowest BCUT2D eigenvalue weighted by Crippen LogP contribution is -2.47. The molecule has 33 heavy (non-hydrogen) atoms. The summed E-state index contributed by atoms with van der Waals surface area (Å²) in [5, 5.41) is 0. The summed E-state index contributed by atoms with van der Waals surface area (Å²) in [6, 6.07) is 4.77. The molecule has 0 unspecified atom stereocenters. The van der Waals surface area contributed by atoms with Crippen LogP contribution in [0.5, 0.6) is 0 Å². The maximum atomic E-state index is 13.4. The number of nitrogen functional groups attached to an aromatic ring is 1. The van der Waals surface area contributed by atoms with Crippen molar-refractivity contribution in [1.82, 2.24) is 23.6 Å². The molecule has 0 amide bonds. The molecular weight excluding hydrogens is 457 g/mol. The molecule has 4 rings (SSSR count). The van der Waals surface area contributed by atoms with Crippen molar-refractivity contribution >= 4 is 21.5 Å². The van der Waals surface area contributed by atoms with Gasteiger partial charge in [-0.3, -0.25) is 4.40 Å². The van der Waals surface area contributed by atoms with Gasteiger partial charge in [-0.15, -0.1) is 0 Å². The SMILES string of the molecule is Cc1ccc(S(=O)(=O)N2CCC[C@@H](N(C)C)C2)cc1-c1cnc2c(N)nc(C(F)(F)F)cn12. The Labute approximate surface area is 189 Å². The Kier molecular flexibility index (Phi) is 5.87. The summed E-state index contributed by atoms with van der Waals surface area (Å²) in [4.78, 5) is 9.61. The largest absolute Gasteiger partial charge is 0.434 e. The standard InChI is InChI=1S/C21H25F3N6O2S/c1-13-6-7-15(33(31,32)29-8-4-5-14(11-29)28(2)3)9-16(13)17-10-26-20-19(25)27-18(12-30(17)20)21(22,23)24/h6-7,9-10,12,14H,4-5,8,11H2,1-3H3,(H2,25,27)/t14-/m1/s1. The Bertz CT molecular complexity index is 1300. The van der Waals surface area contributed by atoms with Gasteiger partial charge in [0.2, 0.25) is 10.0 Å². The summed E-state index contributed by atoms with van der Waals surface area (Å²) in [5.41, 5.74) is 6.05. The number of hydrogen-bond acceptors (Lipinski definition) is 6. The number of benzene rings is 1. The van der Waals surface area contributed by atoms with E-state index in [1.54, 1.807) is 13.0 Å². The number of nitrogens with two attached hydrogens (primary N) is 1. The van der Waals surface area contributed by atoms with E-state index in [1.165, 1.54) is 27.0 Å². The Morgan fingerprint density at radius 2 is 1.97 bits per heavy atom. The number of alkyl halides is 3. The van der Waals surface area contributed by atoms with Crippen LogP contribution in [0.25, 0.3) is 16.9 Å². The molecule has 8 nitrogen and oxygen atoms in total. The van der Waals surface area contributed by atoms with Crippen LogP contribution >= 0.6 is 0 Å². The van der Waals surface area contributed by atoms with Gasteiger partial charge in [0.15, 0.2) is 17.2 Å². The molecule has 3 aromatic rings. The number of sulfonamides is 1. The van der Waals surface area contributed by atoms with Crippen molar-refractivity contribution in [2.45, 2.75) is 36.9 Å². The highest BCUT2D eigenvalue weighted by Gasteiger charge is 2.35. The average molecular weight is 483 g/mol. The molecule has 0 saturated carbocycles. The number of aryl methyl sites for hydroxylation is 1. The Balaban J connectivity index is 1.80. The van der Waals surface area contributed by atoms with Crippen LogP contribution in [-0.2, 0) is 16.2 Å². The van der Waals surface area contributed by atoms with Crippen LogP contribution in [0.3, 0.4) is 0 Å². The van der Waals surface area contributed by atoms with Crippen molar-refractivity contribution in [3.8, 4) is 11.3 Å². The van der Waals surface area contributed by atoms with E-state index < -0.39 is 21.9 Å². The first-order valence-electron chi connectivity index (χ1n) is 10.4.